The lowest BCUT2D eigenvalue weighted by Gasteiger charge is -2.01. The van der Waals surface area contributed by atoms with Crippen molar-refractivity contribution in [2.24, 2.45) is 0 Å². The minimum absolute atomic E-state index is 0.0706. The van der Waals surface area contributed by atoms with Gasteiger partial charge in [-0.05, 0) is 6.07 Å². The summed E-state index contributed by atoms with van der Waals surface area (Å²) in [5, 5.41) is 17.7. The molecule has 0 atom stereocenters. The highest BCUT2D eigenvalue weighted by molar-refractivity contribution is 5.92. The van der Waals surface area contributed by atoms with Gasteiger partial charge < -0.3 is 15.2 Å². The van der Waals surface area contributed by atoms with Crippen LogP contribution in [0.2, 0.25) is 0 Å². The molecule has 6 heteroatoms. The molecular weight excluding hydrogens is 217 g/mol. The van der Waals surface area contributed by atoms with Crippen molar-refractivity contribution in [2.45, 2.75) is 0 Å². The fourth-order valence-corrected chi connectivity index (χ4v) is 1.39. The summed E-state index contributed by atoms with van der Waals surface area (Å²) in [5.74, 6) is -2.96. The van der Waals surface area contributed by atoms with Crippen molar-refractivity contribution in [3.05, 3.63) is 39.9 Å². The number of hydrogen-bond donors (Lipinski definition) is 3. The molecule has 3 N–H and O–H groups in total. The highest BCUT2D eigenvalue weighted by Crippen LogP contribution is 2.20. The zero-order valence-electron chi connectivity index (χ0n) is 7.82. The zero-order chi connectivity index (χ0) is 11.9. The summed E-state index contributed by atoms with van der Waals surface area (Å²) < 4.78 is 13.0. The summed E-state index contributed by atoms with van der Waals surface area (Å²) in [6.45, 7) is 0. The van der Waals surface area contributed by atoms with Gasteiger partial charge in [-0.1, -0.05) is 0 Å². The van der Waals surface area contributed by atoms with E-state index >= 15 is 0 Å². The molecule has 82 valence electrons. The smallest absolute Gasteiger partial charge is 0.341 e. The van der Waals surface area contributed by atoms with Gasteiger partial charge in [0.15, 0.2) is 11.6 Å². The van der Waals surface area contributed by atoms with Crippen LogP contribution in [0.5, 0.6) is 5.75 Å². The van der Waals surface area contributed by atoms with E-state index in [1.807, 2.05) is 0 Å². The van der Waals surface area contributed by atoms with Crippen LogP contribution >= 0.6 is 0 Å². The number of aromatic carboxylic acids is 1. The van der Waals surface area contributed by atoms with Crippen molar-refractivity contribution in [1.82, 2.24) is 4.98 Å². The van der Waals surface area contributed by atoms with E-state index in [1.54, 1.807) is 0 Å². The minimum Gasteiger partial charge on any atom is -0.505 e. The summed E-state index contributed by atoms with van der Waals surface area (Å²) in [6.07, 6.45) is 0.990. The van der Waals surface area contributed by atoms with Crippen molar-refractivity contribution in [3.8, 4) is 5.75 Å². The second-order valence-corrected chi connectivity index (χ2v) is 3.19. The van der Waals surface area contributed by atoms with Gasteiger partial charge in [0, 0.05) is 12.3 Å². The van der Waals surface area contributed by atoms with Gasteiger partial charge in [0.1, 0.15) is 5.56 Å². The van der Waals surface area contributed by atoms with Crippen LogP contribution in [-0.4, -0.2) is 21.2 Å². The van der Waals surface area contributed by atoms with Crippen LogP contribution in [0.4, 0.5) is 4.39 Å². The molecule has 0 amide bonds. The van der Waals surface area contributed by atoms with Crippen molar-refractivity contribution in [1.29, 1.82) is 0 Å². The van der Waals surface area contributed by atoms with Crippen molar-refractivity contribution < 1.29 is 19.4 Å². The number of hydrogen-bond acceptors (Lipinski definition) is 3. The van der Waals surface area contributed by atoms with E-state index in [0.717, 1.165) is 18.3 Å². The molecule has 0 radical (unpaired) electrons. The molecule has 0 saturated carbocycles. The van der Waals surface area contributed by atoms with E-state index in [1.165, 1.54) is 0 Å². The monoisotopic (exact) mass is 223 g/mol. The second-order valence-electron chi connectivity index (χ2n) is 3.19. The Hall–Kier alpha value is -2.37. The molecule has 1 aromatic carbocycles. The third-order valence-electron chi connectivity index (χ3n) is 2.18. The Morgan fingerprint density at radius 1 is 1.38 bits per heavy atom. The fourth-order valence-electron chi connectivity index (χ4n) is 1.39. The predicted molar refractivity (Wildman–Crippen MR) is 53.2 cm³/mol. The van der Waals surface area contributed by atoms with Crippen LogP contribution in [0.3, 0.4) is 0 Å². The lowest BCUT2D eigenvalue weighted by Crippen LogP contribution is -2.15. The highest BCUT2D eigenvalue weighted by Gasteiger charge is 2.13. The number of carboxylic acid groups (broad SMARTS) is 1. The van der Waals surface area contributed by atoms with Gasteiger partial charge in [0.25, 0.3) is 0 Å². The number of phenols is 1. The predicted octanol–water partition coefficient (Wildman–Crippen LogP) is 1.07. The van der Waals surface area contributed by atoms with Gasteiger partial charge in [-0.3, -0.25) is 4.79 Å². The van der Waals surface area contributed by atoms with Gasteiger partial charge in [0.05, 0.1) is 10.9 Å². The van der Waals surface area contributed by atoms with E-state index in [-0.39, 0.29) is 10.9 Å². The molecule has 0 fully saturated rings. The SMILES string of the molecule is O=C(O)c1c[nH]c2cc(F)c(O)cc2c1=O. The third kappa shape index (κ3) is 1.40. The topological polar surface area (TPSA) is 90.4 Å². The molecule has 1 aromatic heterocycles. The molecule has 0 bridgehead atoms. The second kappa shape index (κ2) is 3.34. The van der Waals surface area contributed by atoms with Crippen molar-refractivity contribution in [2.75, 3.05) is 0 Å². The molecule has 0 saturated heterocycles. The first-order valence-corrected chi connectivity index (χ1v) is 4.28. The number of halogens is 1. The molecule has 0 spiro atoms. The standard InChI is InChI=1S/C10H6FNO4/c11-6-2-7-4(1-8(6)13)9(14)5(3-12-7)10(15)16/h1-3,13H,(H,12,14)(H,15,16). The number of aromatic amines is 1. The molecule has 0 aliphatic heterocycles. The summed E-state index contributed by atoms with van der Waals surface area (Å²) in [5.41, 5.74) is -1.10. The first-order valence-electron chi connectivity index (χ1n) is 4.28. The number of benzene rings is 1. The maximum absolute atomic E-state index is 13.0. The van der Waals surface area contributed by atoms with Crippen molar-refractivity contribution >= 4 is 16.9 Å². The number of H-pyrrole nitrogens is 1. The third-order valence-corrected chi connectivity index (χ3v) is 2.18. The Kier molecular flexibility index (Phi) is 2.12. The molecule has 0 aliphatic rings. The average molecular weight is 223 g/mol. The Bertz CT molecular complexity index is 647. The number of phenolic OH excluding ortho intramolecular Hbond substituents is 1. The molecule has 1 heterocycles. The summed E-state index contributed by atoms with van der Waals surface area (Å²) >= 11 is 0. The van der Waals surface area contributed by atoms with Crippen LogP contribution in [0.15, 0.2) is 23.1 Å². The van der Waals surface area contributed by atoms with Gasteiger partial charge >= 0.3 is 5.97 Å². The van der Waals surface area contributed by atoms with Gasteiger partial charge in [-0.25, -0.2) is 9.18 Å². The normalized spacial score (nSPS) is 10.6. The number of rotatable bonds is 1. The quantitative estimate of drug-likeness (QED) is 0.674. The Balaban J connectivity index is 2.90. The first-order chi connectivity index (χ1) is 7.50. The number of fused-ring (bicyclic) bond motifs is 1. The Labute approximate surface area is 87.8 Å². The number of carbonyl (C=O) groups is 1. The van der Waals surface area contributed by atoms with E-state index in [9.17, 15) is 14.0 Å². The van der Waals surface area contributed by atoms with Crippen LogP contribution in [0.25, 0.3) is 10.9 Å². The molecule has 16 heavy (non-hydrogen) atoms. The van der Waals surface area contributed by atoms with Crippen LogP contribution in [0.1, 0.15) is 10.4 Å². The Morgan fingerprint density at radius 2 is 2.06 bits per heavy atom. The number of aromatic nitrogens is 1. The number of pyridine rings is 1. The zero-order valence-corrected chi connectivity index (χ0v) is 7.82. The van der Waals surface area contributed by atoms with Crippen molar-refractivity contribution in [3.63, 3.8) is 0 Å². The van der Waals surface area contributed by atoms with E-state index in [0.29, 0.717) is 0 Å². The number of nitrogens with one attached hydrogen (secondary N) is 1. The molecule has 5 nitrogen and oxygen atoms in total. The molecule has 0 unspecified atom stereocenters. The number of aromatic hydroxyl groups is 1. The van der Waals surface area contributed by atoms with E-state index < -0.39 is 28.5 Å². The lowest BCUT2D eigenvalue weighted by molar-refractivity contribution is 0.0695. The Morgan fingerprint density at radius 3 is 2.69 bits per heavy atom. The molecule has 2 aromatic rings. The summed E-state index contributed by atoms with van der Waals surface area (Å²) in [4.78, 5) is 24.7. The molecular formula is C10H6FNO4. The van der Waals surface area contributed by atoms with Gasteiger partial charge in [-0.2, -0.15) is 0 Å². The fraction of sp³-hybridized carbons (Fsp3) is 0. The van der Waals surface area contributed by atoms with E-state index in [2.05, 4.69) is 4.98 Å². The maximum atomic E-state index is 13.0. The van der Waals surface area contributed by atoms with Gasteiger partial charge in [0.2, 0.25) is 5.43 Å². The highest BCUT2D eigenvalue weighted by atomic mass is 19.1. The molecule has 0 aliphatic carbocycles. The van der Waals surface area contributed by atoms with Crippen LogP contribution in [-0.2, 0) is 0 Å². The number of carboxylic acids is 1. The summed E-state index contributed by atoms with van der Waals surface area (Å²) in [7, 11) is 0. The largest absolute Gasteiger partial charge is 0.505 e. The maximum Gasteiger partial charge on any atom is 0.341 e. The van der Waals surface area contributed by atoms with Gasteiger partial charge in [-0.15, -0.1) is 0 Å². The lowest BCUT2D eigenvalue weighted by atomic mass is 10.1. The molecule has 2 rings (SSSR count). The van der Waals surface area contributed by atoms with E-state index in [4.69, 9.17) is 10.2 Å². The minimum atomic E-state index is -1.38. The average Bonchev–Trinajstić information content (AvgIpc) is 2.21. The van der Waals surface area contributed by atoms with Crippen LogP contribution in [0, 0.1) is 5.82 Å². The first kappa shape index (κ1) is 10.2. The van der Waals surface area contributed by atoms with Crippen LogP contribution < -0.4 is 5.43 Å². The summed E-state index contributed by atoms with van der Waals surface area (Å²) in [6, 6.07) is 1.83.